The van der Waals surface area contributed by atoms with E-state index in [1.165, 1.54) is 0 Å². The number of carbonyl (C=O) groups excluding carboxylic acids is 1. The van der Waals surface area contributed by atoms with Crippen LogP contribution in [-0.4, -0.2) is 36.2 Å². The van der Waals surface area contributed by atoms with Crippen LogP contribution in [0.2, 0.25) is 0 Å². The van der Waals surface area contributed by atoms with E-state index in [2.05, 4.69) is 10.4 Å². The van der Waals surface area contributed by atoms with Gasteiger partial charge in [0.1, 0.15) is 0 Å². The van der Waals surface area contributed by atoms with Gasteiger partial charge in [-0.25, -0.2) is 13.1 Å². The fourth-order valence-corrected chi connectivity index (χ4v) is 3.34. The molecule has 0 spiro atoms. The first-order chi connectivity index (χ1) is 13.7. The maximum atomic E-state index is 12.5. The molecule has 1 heterocycles. The van der Waals surface area contributed by atoms with E-state index in [1.807, 2.05) is 36.5 Å². The number of amides is 1. The molecule has 3 aromatic rings. The Morgan fingerprint density at radius 1 is 1.03 bits per heavy atom. The van der Waals surface area contributed by atoms with Gasteiger partial charge < -0.3 is 5.32 Å². The van der Waals surface area contributed by atoms with E-state index in [-0.39, 0.29) is 5.56 Å². The van der Waals surface area contributed by atoms with Crippen LogP contribution in [0, 0.1) is 0 Å². The molecule has 0 aliphatic heterocycles. The molecule has 0 atom stereocenters. The number of aromatic nitrogens is 2. The minimum Gasteiger partial charge on any atom is -0.352 e. The number of halogens is 3. The lowest BCUT2D eigenvalue weighted by Crippen LogP contribution is -2.26. The number of hydrogen-bond donors (Lipinski definition) is 1. The Labute approximate surface area is 164 Å². The first kappa shape index (κ1) is 20.6. The van der Waals surface area contributed by atoms with E-state index in [4.69, 9.17) is 0 Å². The topological polar surface area (TPSA) is 81.1 Å². The molecule has 0 radical (unpaired) electrons. The summed E-state index contributed by atoms with van der Waals surface area (Å²) in [5, 5.41) is 6.78. The highest BCUT2D eigenvalue weighted by molar-refractivity contribution is 7.92. The summed E-state index contributed by atoms with van der Waals surface area (Å²) in [6.45, 7) is 0.308. The Bertz CT molecular complexity index is 1080. The quantitative estimate of drug-likeness (QED) is 0.661. The van der Waals surface area contributed by atoms with Gasteiger partial charge in [0.25, 0.3) is 15.7 Å². The lowest BCUT2D eigenvalue weighted by molar-refractivity contribution is -0.0436. The first-order valence-electron chi connectivity index (χ1n) is 8.47. The van der Waals surface area contributed by atoms with Crippen LogP contribution in [0.3, 0.4) is 0 Å². The van der Waals surface area contributed by atoms with E-state index in [0.29, 0.717) is 13.0 Å². The second-order valence-corrected chi connectivity index (χ2v) is 8.04. The van der Waals surface area contributed by atoms with Crippen molar-refractivity contribution in [1.29, 1.82) is 0 Å². The smallest absolute Gasteiger partial charge is 0.352 e. The average molecular weight is 423 g/mol. The fourth-order valence-electron chi connectivity index (χ4n) is 2.58. The molecule has 0 bridgehead atoms. The van der Waals surface area contributed by atoms with Gasteiger partial charge in [0.15, 0.2) is 0 Å². The molecule has 1 aromatic heterocycles. The van der Waals surface area contributed by atoms with Crippen molar-refractivity contribution in [3.63, 3.8) is 0 Å². The van der Waals surface area contributed by atoms with Crippen molar-refractivity contribution in [2.45, 2.75) is 16.8 Å². The lowest BCUT2D eigenvalue weighted by atomic mass is 10.1. The predicted octanol–water partition coefficient (Wildman–Crippen LogP) is 3.14. The summed E-state index contributed by atoms with van der Waals surface area (Å²) >= 11 is 0. The summed E-state index contributed by atoms with van der Waals surface area (Å²) in [7, 11) is -5.43. The normalized spacial score (nSPS) is 12.0. The number of nitrogens with zero attached hydrogens (tertiary/aromatic N) is 2. The van der Waals surface area contributed by atoms with Crippen LogP contribution in [0.1, 0.15) is 15.9 Å². The van der Waals surface area contributed by atoms with Gasteiger partial charge in [0.2, 0.25) is 0 Å². The number of sulfone groups is 1. The third-order valence-electron chi connectivity index (χ3n) is 4.14. The maximum Gasteiger partial charge on any atom is 0.501 e. The molecule has 0 aliphatic carbocycles. The van der Waals surface area contributed by atoms with Crippen LogP contribution in [-0.2, 0) is 16.3 Å². The zero-order valence-corrected chi connectivity index (χ0v) is 15.7. The highest BCUT2D eigenvalue weighted by Gasteiger charge is 2.46. The third kappa shape index (κ3) is 4.65. The molecule has 0 saturated carbocycles. The second kappa shape index (κ2) is 8.08. The van der Waals surface area contributed by atoms with Gasteiger partial charge in [-0.05, 0) is 54.4 Å². The zero-order valence-electron chi connectivity index (χ0n) is 14.9. The summed E-state index contributed by atoms with van der Waals surface area (Å²) in [4.78, 5) is 11.2. The van der Waals surface area contributed by atoms with Crippen molar-refractivity contribution in [2.24, 2.45) is 0 Å². The van der Waals surface area contributed by atoms with Gasteiger partial charge in [-0.2, -0.15) is 18.3 Å². The van der Waals surface area contributed by atoms with Crippen molar-refractivity contribution in [3.05, 3.63) is 78.1 Å². The van der Waals surface area contributed by atoms with E-state index < -0.39 is 26.1 Å². The van der Waals surface area contributed by atoms with Gasteiger partial charge in [0, 0.05) is 24.5 Å². The number of benzene rings is 2. The number of carbonyl (C=O) groups is 1. The van der Waals surface area contributed by atoms with Crippen molar-refractivity contribution < 1.29 is 26.4 Å². The van der Waals surface area contributed by atoms with Crippen LogP contribution < -0.4 is 5.32 Å². The molecule has 152 valence electrons. The molecular formula is C19H16F3N3O3S. The van der Waals surface area contributed by atoms with E-state index in [0.717, 1.165) is 35.5 Å². The average Bonchev–Trinajstić information content (AvgIpc) is 3.22. The maximum absolute atomic E-state index is 12.5. The van der Waals surface area contributed by atoms with Crippen molar-refractivity contribution in [2.75, 3.05) is 6.54 Å². The Morgan fingerprint density at radius 3 is 2.24 bits per heavy atom. The Balaban J connectivity index is 1.56. The van der Waals surface area contributed by atoms with Crippen molar-refractivity contribution in [1.82, 2.24) is 15.1 Å². The molecule has 1 amide bonds. The van der Waals surface area contributed by atoms with E-state index >= 15 is 0 Å². The molecule has 2 aromatic carbocycles. The highest BCUT2D eigenvalue weighted by Crippen LogP contribution is 2.30. The van der Waals surface area contributed by atoms with Crippen LogP contribution in [0.4, 0.5) is 13.2 Å². The summed E-state index contributed by atoms with van der Waals surface area (Å²) in [6.07, 6.45) is 4.04. The summed E-state index contributed by atoms with van der Waals surface area (Å²) in [6, 6.07) is 13.0. The molecule has 0 aliphatic rings. The molecule has 3 rings (SSSR count). The number of alkyl halides is 3. The van der Waals surface area contributed by atoms with Gasteiger partial charge in [-0.15, -0.1) is 0 Å². The van der Waals surface area contributed by atoms with Crippen LogP contribution in [0.25, 0.3) is 5.69 Å². The van der Waals surface area contributed by atoms with Gasteiger partial charge in [0.05, 0.1) is 10.6 Å². The molecule has 0 saturated heterocycles. The Kier molecular flexibility index (Phi) is 5.73. The molecule has 10 heteroatoms. The first-order valence-corrected chi connectivity index (χ1v) is 9.95. The van der Waals surface area contributed by atoms with Crippen LogP contribution in [0.5, 0.6) is 0 Å². The summed E-state index contributed by atoms with van der Waals surface area (Å²) in [5.74, 6) is -0.505. The van der Waals surface area contributed by atoms with Crippen LogP contribution in [0.15, 0.2) is 71.9 Å². The molecule has 0 unspecified atom stereocenters. The SMILES string of the molecule is O=C(NCCc1ccc(-n2cccn2)cc1)c1ccc(S(=O)(=O)C(F)(F)F)cc1. The standard InChI is InChI=1S/C19H16F3N3O3S/c20-19(21,22)29(27,28)17-8-4-15(5-9-17)18(26)23-12-10-14-2-6-16(7-3-14)25-13-1-11-24-25/h1-9,11,13H,10,12H2,(H,23,26). The van der Waals surface area contributed by atoms with Gasteiger partial charge in [-0.1, -0.05) is 12.1 Å². The summed E-state index contributed by atoms with van der Waals surface area (Å²) in [5.41, 5.74) is -3.44. The monoisotopic (exact) mass is 423 g/mol. The molecule has 6 nitrogen and oxygen atoms in total. The van der Waals surface area contributed by atoms with Gasteiger partial charge in [-0.3, -0.25) is 4.79 Å². The Morgan fingerprint density at radius 2 is 1.69 bits per heavy atom. The van der Waals surface area contributed by atoms with E-state index in [1.54, 1.807) is 10.9 Å². The fraction of sp³-hybridized carbons (Fsp3) is 0.158. The number of hydrogen-bond acceptors (Lipinski definition) is 4. The largest absolute Gasteiger partial charge is 0.501 e. The Hall–Kier alpha value is -3.14. The van der Waals surface area contributed by atoms with Crippen LogP contribution >= 0.6 is 0 Å². The molecule has 0 fully saturated rings. The minimum atomic E-state index is -5.43. The zero-order chi connectivity index (χ0) is 21.1. The molecule has 29 heavy (non-hydrogen) atoms. The van der Waals surface area contributed by atoms with Crippen molar-refractivity contribution in [3.8, 4) is 5.69 Å². The summed E-state index contributed by atoms with van der Waals surface area (Å²) < 4.78 is 62.0. The number of nitrogens with one attached hydrogen (secondary N) is 1. The number of rotatable bonds is 6. The highest BCUT2D eigenvalue weighted by atomic mass is 32.2. The van der Waals surface area contributed by atoms with Gasteiger partial charge >= 0.3 is 5.51 Å². The van der Waals surface area contributed by atoms with Crippen molar-refractivity contribution >= 4 is 15.7 Å². The third-order valence-corrected chi connectivity index (χ3v) is 5.64. The predicted molar refractivity (Wildman–Crippen MR) is 99.3 cm³/mol. The lowest BCUT2D eigenvalue weighted by Gasteiger charge is -2.09. The second-order valence-electron chi connectivity index (χ2n) is 6.10. The molecular weight excluding hydrogens is 407 g/mol. The minimum absolute atomic E-state index is 0.0696. The molecule has 1 N–H and O–H groups in total. The van der Waals surface area contributed by atoms with E-state index in [9.17, 15) is 26.4 Å².